The van der Waals surface area contributed by atoms with Crippen LogP contribution in [0, 0.1) is 0 Å². The van der Waals surface area contributed by atoms with Crippen molar-refractivity contribution in [1.82, 2.24) is 0 Å². The Hall–Kier alpha value is -1.54. The topological polar surface area (TPSA) is 9.23 Å². The Morgan fingerprint density at radius 2 is 1.93 bits per heavy atom. The Labute approximate surface area is 91.9 Å². The molecule has 0 saturated heterocycles. The van der Waals surface area contributed by atoms with Crippen molar-refractivity contribution in [2.45, 2.75) is 0 Å². The van der Waals surface area contributed by atoms with Gasteiger partial charge in [-0.2, -0.15) is 0 Å². The first-order valence-electron chi connectivity index (χ1n) is 4.82. The molecule has 3 rings (SSSR count). The van der Waals surface area contributed by atoms with E-state index in [9.17, 15) is 0 Å². The zero-order valence-corrected chi connectivity index (χ0v) is 9.17. The van der Waals surface area contributed by atoms with Crippen molar-refractivity contribution in [3.8, 4) is 5.75 Å². The second kappa shape index (κ2) is 3.24. The third-order valence-electron chi connectivity index (χ3n) is 2.66. The Bertz CT molecular complexity index is 625. The van der Waals surface area contributed by atoms with Crippen LogP contribution in [0.15, 0.2) is 41.8 Å². The van der Waals surface area contributed by atoms with Crippen LogP contribution in [0.25, 0.3) is 20.9 Å². The first kappa shape index (κ1) is 8.74. The van der Waals surface area contributed by atoms with Gasteiger partial charge < -0.3 is 4.74 Å². The van der Waals surface area contributed by atoms with Gasteiger partial charge >= 0.3 is 0 Å². The van der Waals surface area contributed by atoms with Crippen molar-refractivity contribution in [3.63, 3.8) is 0 Å². The van der Waals surface area contributed by atoms with E-state index in [4.69, 9.17) is 4.74 Å². The fourth-order valence-electron chi connectivity index (χ4n) is 1.89. The summed E-state index contributed by atoms with van der Waals surface area (Å²) in [6, 6.07) is 12.7. The van der Waals surface area contributed by atoms with Gasteiger partial charge in [0.15, 0.2) is 0 Å². The number of benzene rings is 2. The number of rotatable bonds is 1. The molecule has 0 fully saturated rings. The summed E-state index contributed by atoms with van der Waals surface area (Å²) in [6.07, 6.45) is 0. The van der Waals surface area contributed by atoms with Crippen LogP contribution in [0.4, 0.5) is 0 Å². The SMILES string of the molecule is COc1ccc2c(ccc3sccc32)c1. The maximum atomic E-state index is 5.22. The van der Waals surface area contributed by atoms with Crippen molar-refractivity contribution in [2.24, 2.45) is 0 Å². The molecule has 1 nitrogen and oxygen atoms in total. The van der Waals surface area contributed by atoms with Crippen LogP contribution in [-0.2, 0) is 0 Å². The molecule has 0 aliphatic heterocycles. The molecular weight excluding hydrogens is 204 g/mol. The van der Waals surface area contributed by atoms with Crippen LogP contribution < -0.4 is 4.74 Å². The van der Waals surface area contributed by atoms with Crippen LogP contribution in [0.2, 0.25) is 0 Å². The Balaban J connectivity index is 2.44. The molecule has 0 unspecified atom stereocenters. The highest BCUT2D eigenvalue weighted by atomic mass is 32.1. The molecule has 0 saturated carbocycles. The van der Waals surface area contributed by atoms with Crippen LogP contribution in [0.5, 0.6) is 5.75 Å². The van der Waals surface area contributed by atoms with Gasteiger partial charge in [0.25, 0.3) is 0 Å². The lowest BCUT2D eigenvalue weighted by Gasteiger charge is -2.03. The number of fused-ring (bicyclic) bond motifs is 3. The number of thiophene rings is 1. The lowest BCUT2D eigenvalue weighted by Crippen LogP contribution is -1.82. The first-order chi connectivity index (χ1) is 7.38. The van der Waals surface area contributed by atoms with Crippen molar-refractivity contribution in [1.29, 1.82) is 0 Å². The minimum Gasteiger partial charge on any atom is -0.497 e. The first-order valence-corrected chi connectivity index (χ1v) is 5.70. The number of ether oxygens (including phenoxy) is 1. The summed E-state index contributed by atoms with van der Waals surface area (Å²) in [5, 5.41) is 6.00. The van der Waals surface area contributed by atoms with E-state index in [2.05, 4.69) is 35.7 Å². The van der Waals surface area contributed by atoms with Crippen molar-refractivity contribution in [2.75, 3.05) is 7.11 Å². The van der Waals surface area contributed by atoms with Crippen LogP contribution in [-0.4, -0.2) is 7.11 Å². The molecule has 3 aromatic rings. The van der Waals surface area contributed by atoms with Gasteiger partial charge in [-0.05, 0) is 40.4 Å². The summed E-state index contributed by atoms with van der Waals surface area (Å²) in [7, 11) is 1.70. The van der Waals surface area contributed by atoms with E-state index in [1.807, 2.05) is 6.07 Å². The lowest BCUT2D eigenvalue weighted by atomic mass is 10.1. The van der Waals surface area contributed by atoms with E-state index in [-0.39, 0.29) is 0 Å². The van der Waals surface area contributed by atoms with Crippen LogP contribution >= 0.6 is 11.3 Å². The van der Waals surface area contributed by atoms with Gasteiger partial charge in [-0.1, -0.05) is 12.1 Å². The molecule has 0 N–H and O–H groups in total. The maximum absolute atomic E-state index is 5.22. The maximum Gasteiger partial charge on any atom is 0.119 e. The van der Waals surface area contributed by atoms with Gasteiger partial charge in [0.1, 0.15) is 5.75 Å². The average Bonchev–Trinajstić information content (AvgIpc) is 2.76. The fourth-order valence-corrected chi connectivity index (χ4v) is 2.69. The molecule has 0 radical (unpaired) electrons. The molecule has 0 spiro atoms. The average molecular weight is 214 g/mol. The minimum absolute atomic E-state index is 0.914. The standard InChI is InChI=1S/C13H10OS/c1-14-10-3-4-11-9(8-10)2-5-13-12(11)6-7-15-13/h2-8H,1H3. The monoisotopic (exact) mass is 214 g/mol. The van der Waals surface area contributed by atoms with Crippen LogP contribution in [0.1, 0.15) is 0 Å². The normalized spacial score (nSPS) is 11.0. The summed E-state index contributed by atoms with van der Waals surface area (Å²) in [5.41, 5.74) is 0. The quantitative estimate of drug-likeness (QED) is 0.593. The molecule has 1 heterocycles. The molecule has 0 aliphatic rings. The number of hydrogen-bond donors (Lipinski definition) is 0. The summed E-state index contributed by atoms with van der Waals surface area (Å²) >= 11 is 1.78. The highest BCUT2D eigenvalue weighted by molar-refractivity contribution is 7.17. The van der Waals surface area contributed by atoms with E-state index < -0.39 is 0 Å². The minimum atomic E-state index is 0.914. The zero-order chi connectivity index (χ0) is 10.3. The van der Waals surface area contributed by atoms with E-state index in [0.717, 1.165) is 5.75 Å². The van der Waals surface area contributed by atoms with Gasteiger partial charge in [-0.3, -0.25) is 0 Å². The zero-order valence-electron chi connectivity index (χ0n) is 8.36. The number of hydrogen-bond acceptors (Lipinski definition) is 2. The van der Waals surface area contributed by atoms with E-state index in [0.29, 0.717) is 0 Å². The van der Waals surface area contributed by atoms with Crippen molar-refractivity contribution >= 4 is 32.2 Å². The fraction of sp³-hybridized carbons (Fsp3) is 0.0769. The molecule has 2 heteroatoms. The third-order valence-corrected chi connectivity index (χ3v) is 3.54. The van der Waals surface area contributed by atoms with Crippen molar-refractivity contribution in [3.05, 3.63) is 41.8 Å². The second-order valence-corrected chi connectivity index (χ2v) is 4.43. The molecule has 0 atom stereocenters. The Morgan fingerprint density at radius 1 is 1.00 bits per heavy atom. The molecule has 2 aromatic carbocycles. The van der Waals surface area contributed by atoms with Gasteiger partial charge in [0.2, 0.25) is 0 Å². The summed E-state index contributed by atoms with van der Waals surface area (Å²) in [4.78, 5) is 0. The van der Waals surface area contributed by atoms with Gasteiger partial charge in [0.05, 0.1) is 7.11 Å². The van der Waals surface area contributed by atoms with Gasteiger partial charge in [0, 0.05) is 10.1 Å². The van der Waals surface area contributed by atoms with Crippen LogP contribution in [0.3, 0.4) is 0 Å². The van der Waals surface area contributed by atoms with E-state index in [1.54, 1.807) is 18.4 Å². The van der Waals surface area contributed by atoms with E-state index in [1.165, 1.54) is 20.9 Å². The third kappa shape index (κ3) is 1.29. The molecule has 0 amide bonds. The van der Waals surface area contributed by atoms with Crippen molar-refractivity contribution < 1.29 is 4.74 Å². The molecule has 74 valence electrons. The molecule has 15 heavy (non-hydrogen) atoms. The highest BCUT2D eigenvalue weighted by Gasteiger charge is 2.02. The Kier molecular flexibility index (Phi) is 1.89. The summed E-state index contributed by atoms with van der Waals surface area (Å²) in [6.45, 7) is 0. The molecule has 1 aromatic heterocycles. The van der Waals surface area contributed by atoms with E-state index >= 15 is 0 Å². The lowest BCUT2D eigenvalue weighted by molar-refractivity contribution is 0.415. The molecular formula is C13H10OS. The number of methoxy groups -OCH3 is 1. The largest absolute Gasteiger partial charge is 0.497 e. The smallest absolute Gasteiger partial charge is 0.119 e. The second-order valence-electron chi connectivity index (χ2n) is 3.49. The molecule has 0 bridgehead atoms. The highest BCUT2D eigenvalue weighted by Crippen LogP contribution is 2.30. The summed E-state index contributed by atoms with van der Waals surface area (Å²) < 4.78 is 6.56. The van der Waals surface area contributed by atoms with Gasteiger partial charge in [-0.25, -0.2) is 0 Å². The predicted octanol–water partition coefficient (Wildman–Crippen LogP) is 4.06. The molecule has 0 aliphatic carbocycles. The van der Waals surface area contributed by atoms with Gasteiger partial charge in [-0.15, -0.1) is 11.3 Å². The Morgan fingerprint density at radius 3 is 2.80 bits per heavy atom. The summed E-state index contributed by atoms with van der Waals surface area (Å²) in [5.74, 6) is 0.914. The predicted molar refractivity (Wildman–Crippen MR) is 65.9 cm³/mol.